The van der Waals surface area contributed by atoms with Crippen molar-refractivity contribution in [3.05, 3.63) is 75.5 Å². The van der Waals surface area contributed by atoms with Crippen molar-refractivity contribution in [2.75, 3.05) is 0 Å². The zero-order valence-corrected chi connectivity index (χ0v) is 12.8. The van der Waals surface area contributed by atoms with Crippen LogP contribution in [0.5, 0.6) is 0 Å². The Morgan fingerprint density at radius 3 is 2.83 bits per heavy atom. The number of nitrogens with one attached hydrogen (secondary N) is 2. The second kappa shape index (κ2) is 6.33. The molecule has 2 aromatic carbocycles. The molecule has 0 fully saturated rings. The number of H-pyrrole nitrogens is 1. The van der Waals surface area contributed by atoms with Gasteiger partial charge in [0.2, 0.25) is 0 Å². The van der Waals surface area contributed by atoms with Crippen LogP contribution in [0.2, 0.25) is 0 Å². The predicted molar refractivity (Wildman–Crippen MR) is 91.2 cm³/mol. The van der Waals surface area contributed by atoms with Gasteiger partial charge in [0.1, 0.15) is 0 Å². The number of hydrogen-bond acceptors (Lipinski definition) is 4. The first-order chi connectivity index (χ1) is 11.6. The zero-order valence-electron chi connectivity index (χ0n) is 12.8. The second-order valence-corrected chi connectivity index (χ2v) is 5.22. The summed E-state index contributed by atoms with van der Waals surface area (Å²) in [5, 5.41) is 15.7. The molecule has 1 heterocycles. The summed E-state index contributed by atoms with van der Waals surface area (Å²) in [6.45, 7) is 1.92. The zero-order chi connectivity index (χ0) is 17.1. The lowest BCUT2D eigenvalue weighted by atomic mass is 10.1. The highest BCUT2D eigenvalue weighted by atomic mass is 16.6. The first kappa shape index (κ1) is 15.4. The molecule has 3 rings (SSSR count). The summed E-state index contributed by atoms with van der Waals surface area (Å²) >= 11 is 0. The quantitative estimate of drug-likeness (QED) is 0.438. The Labute approximate surface area is 137 Å². The van der Waals surface area contributed by atoms with Crippen molar-refractivity contribution < 1.29 is 9.72 Å². The molecule has 7 heteroatoms. The van der Waals surface area contributed by atoms with Crippen LogP contribution >= 0.6 is 0 Å². The molecule has 3 aromatic rings. The number of nitro groups is 1. The van der Waals surface area contributed by atoms with Gasteiger partial charge in [-0.15, -0.1) is 0 Å². The van der Waals surface area contributed by atoms with E-state index >= 15 is 0 Å². The highest BCUT2D eigenvalue weighted by Crippen LogP contribution is 2.19. The third-order valence-corrected chi connectivity index (χ3v) is 3.62. The van der Waals surface area contributed by atoms with Gasteiger partial charge in [-0.2, -0.15) is 5.10 Å². The topological polar surface area (TPSA) is 100 Å². The molecule has 0 saturated carbocycles. The van der Waals surface area contributed by atoms with E-state index in [0.717, 1.165) is 22.2 Å². The number of fused-ring (bicyclic) bond motifs is 1. The van der Waals surface area contributed by atoms with E-state index in [1.165, 1.54) is 24.3 Å². The number of nitrogens with zero attached hydrogens (tertiary/aromatic N) is 2. The molecular weight excluding hydrogens is 308 g/mol. The number of benzene rings is 2. The molecule has 1 aromatic heterocycles. The lowest BCUT2D eigenvalue weighted by molar-refractivity contribution is -0.384. The Hall–Kier alpha value is -3.48. The highest BCUT2D eigenvalue weighted by molar-refractivity contribution is 6.01. The predicted octanol–water partition coefficient (Wildman–Crippen LogP) is 3.15. The van der Waals surface area contributed by atoms with Crippen LogP contribution in [-0.4, -0.2) is 22.0 Å². The van der Waals surface area contributed by atoms with E-state index in [2.05, 4.69) is 15.5 Å². The standard InChI is InChI=1S/C17H14N4O3/c1-11-15(14-7-2-3-8-16(14)19-11)10-18-20-17(22)12-5-4-6-13(9-12)21(23)24/h2-10,19H,1H3,(H,20,22)/b18-10+. The third kappa shape index (κ3) is 3.00. The van der Waals surface area contributed by atoms with E-state index in [1.54, 1.807) is 6.21 Å². The molecule has 0 aliphatic rings. The van der Waals surface area contributed by atoms with Gasteiger partial charge in [-0.25, -0.2) is 5.43 Å². The summed E-state index contributed by atoms with van der Waals surface area (Å²) in [7, 11) is 0. The van der Waals surface area contributed by atoms with E-state index < -0.39 is 10.8 Å². The van der Waals surface area contributed by atoms with Gasteiger partial charge in [0.15, 0.2) is 0 Å². The van der Waals surface area contributed by atoms with Gasteiger partial charge in [0, 0.05) is 39.9 Å². The minimum Gasteiger partial charge on any atom is -0.358 e. The molecule has 0 atom stereocenters. The SMILES string of the molecule is Cc1[nH]c2ccccc2c1/C=N/NC(=O)c1cccc([N+](=O)[O-])c1. The normalized spacial score (nSPS) is 11.0. The lowest BCUT2D eigenvalue weighted by Gasteiger charge is -2.00. The van der Waals surface area contributed by atoms with Crippen LogP contribution in [0.4, 0.5) is 5.69 Å². The smallest absolute Gasteiger partial charge is 0.271 e. The summed E-state index contributed by atoms with van der Waals surface area (Å²) in [5.74, 6) is -0.507. The molecule has 120 valence electrons. The number of aryl methyl sites for hydroxylation is 1. The average Bonchev–Trinajstić information content (AvgIpc) is 2.90. The Balaban J connectivity index is 1.78. The second-order valence-electron chi connectivity index (χ2n) is 5.22. The van der Waals surface area contributed by atoms with E-state index in [0.29, 0.717) is 0 Å². The van der Waals surface area contributed by atoms with Crippen molar-refractivity contribution in [3.8, 4) is 0 Å². The summed E-state index contributed by atoms with van der Waals surface area (Å²) in [6.07, 6.45) is 1.56. The molecule has 0 bridgehead atoms. The number of para-hydroxylation sites is 1. The van der Waals surface area contributed by atoms with E-state index in [1.807, 2.05) is 31.2 Å². The number of hydrogen-bond donors (Lipinski definition) is 2. The molecule has 0 spiro atoms. The lowest BCUT2D eigenvalue weighted by Crippen LogP contribution is -2.17. The van der Waals surface area contributed by atoms with Crippen LogP contribution in [0, 0.1) is 17.0 Å². The number of aromatic nitrogens is 1. The van der Waals surface area contributed by atoms with Gasteiger partial charge in [-0.1, -0.05) is 24.3 Å². The molecule has 0 aliphatic carbocycles. The third-order valence-electron chi connectivity index (χ3n) is 3.62. The molecule has 1 amide bonds. The minimum absolute atomic E-state index is 0.140. The van der Waals surface area contributed by atoms with Crippen molar-refractivity contribution in [1.29, 1.82) is 0 Å². The maximum absolute atomic E-state index is 12.0. The van der Waals surface area contributed by atoms with E-state index in [9.17, 15) is 14.9 Å². The molecule has 2 N–H and O–H groups in total. The van der Waals surface area contributed by atoms with E-state index in [-0.39, 0.29) is 11.3 Å². The van der Waals surface area contributed by atoms with Crippen LogP contribution in [0.3, 0.4) is 0 Å². The first-order valence-electron chi connectivity index (χ1n) is 7.21. The van der Waals surface area contributed by atoms with Gasteiger partial charge in [0.25, 0.3) is 11.6 Å². The van der Waals surface area contributed by atoms with Crippen molar-refractivity contribution in [1.82, 2.24) is 10.4 Å². The van der Waals surface area contributed by atoms with Gasteiger partial charge in [0.05, 0.1) is 11.1 Å². The minimum atomic E-state index is -0.546. The summed E-state index contributed by atoms with van der Waals surface area (Å²) in [5.41, 5.74) is 5.23. The molecule has 0 aliphatic heterocycles. The average molecular weight is 322 g/mol. The largest absolute Gasteiger partial charge is 0.358 e. The van der Waals surface area contributed by atoms with Gasteiger partial charge in [-0.3, -0.25) is 14.9 Å². The van der Waals surface area contributed by atoms with Crippen molar-refractivity contribution in [3.63, 3.8) is 0 Å². The maximum atomic E-state index is 12.0. The van der Waals surface area contributed by atoms with Gasteiger partial charge >= 0.3 is 0 Å². The van der Waals surface area contributed by atoms with E-state index in [4.69, 9.17) is 0 Å². The van der Waals surface area contributed by atoms with Crippen LogP contribution in [0.15, 0.2) is 53.6 Å². The molecule has 24 heavy (non-hydrogen) atoms. The van der Waals surface area contributed by atoms with Crippen molar-refractivity contribution >= 4 is 28.7 Å². The molecule has 0 radical (unpaired) electrons. The number of carbonyl (C=O) groups excluding carboxylic acids is 1. The van der Waals surface area contributed by atoms with Crippen molar-refractivity contribution in [2.45, 2.75) is 6.92 Å². The highest BCUT2D eigenvalue weighted by Gasteiger charge is 2.11. The Bertz CT molecular complexity index is 959. The molecule has 0 unspecified atom stereocenters. The Morgan fingerprint density at radius 1 is 1.25 bits per heavy atom. The first-order valence-corrected chi connectivity index (χ1v) is 7.21. The fraction of sp³-hybridized carbons (Fsp3) is 0.0588. The van der Waals surface area contributed by atoms with Gasteiger partial charge < -0.3 is 4.98 Å². The fourth-order valence-corrected chi connectivity index (χ4v) is 2.45. The number of nitro benzene ring substituents is 1. The number of carbonyl (C=O) groups is 1. The summed E-state index contributed by atoms with van der Waals surface area (Å²) in [4.78, 5) is 25.5. The van der Waals surface area contributed by atoms with Crippen LogP contribution in [0.1, 0.15) is 21.6 Å². The molecule has 7 nitrogen and oxygen atoms in total. The number of aromatic amines is 1. The number of amides is 1. The maximum Gasteiger partial charge on any atom is 0.271 e. The number of rotatable bonds is 4. The number of hydrazone groups is 1. The van der Waals surface area contributed by atoms with Crippen LogP contribution in [0.25, 0.3) is 10.9 Å². The Morgan fingerprint density at radius 2 is 2.04 bits per heavy atom. The van der Waals surface area contributed by atoms with Crippen molar-refractivity contribution in [2.24, 2.45) is 5.10 Å². The molecule has 0 saturated heterocycles. The Kier molecular flexibility index (Phi) is 4.07. The van der Waals surface area contributed by atoms with Crippen LogP contribution in [-0.2, 0) is 0 Å². The monoisotopic (exact) mass is 322 g/mol. The van der Waals surface area contributed by atoms with Crippen LogP contribution < -0.4 is 5.43 Å². The number of non-ortho nitro benzene ring substituents is 1. The summed E-state index contributed by atoms with van der Waals surface area (Å²) in [6, 6.07) is 13.3. The van der Waals surface area contributed by atoms with Gasteiger partial charge in [-0.05, 0) is 19.1 Å². The summed E-state index contributed by atoms with van der Waals surface area (Å²) < 4.78 is 0. The fourth-order valence-electron chi connectivity index (χ4n) is 2.45. The molecular formula is C17H14N4O3.